The number of hydrogen-bond donors (Lipinski definition) is 0. The molecule has 4 unspecified atom stereocenters. The molecule has 0 aliphatic heterocycles. The molecule has 0 spiro atoms. The van der Waals surface area contributed by atoms with Crippen molar-refractivity contribution in [1.82, 2.24) is 0 Å². The number of hydrogen-bond acceptors (Lipinski definition) is 3. The standard InChI is InChI=1S/C5H6F6O3S.Na/c6-1(2(7)4(9)10)3(8)5(11)15(12,13)14;/h1-5H,(H,12,13,14);/q;+1/p-1. The van der Waals surface area contributed by atoms with Crippen molar-refractivity contribution in [3.8, 4) is 0 Å². The third kappa shape index (κ3) is 5.21. The molecule has 0 saturated carbocycles. The summed E-state index contributed by atoms with van der Waals surface area (Å²) < 4.78 is 101. The first kappa shape index (κ1) is 18.8. The first-order valence-electron chi connectivity index (χ1n) is 3.38. The van der Waals surface area contributed by atoms with E-state index in [1.54, 1.807) is 0 Å². The molecule has 0 heterocycles. The summed E-state index contributed by atoms with van der Waals surface area (Å²) >= 11 is 0. The largest absolute Gasteiger partial charge is 1.00 e. The third-order valence-electron chi connectivity index (χ3n) is 1.38. The van der Waals surface area contributed by atoms with E-state index in [0.29, 0.717) is 0 Å². The molecule has 0 aliphatic carbocycles. The number of rotatable bonds is 5. The summed E-state index contributed by atoms with van der Waals surface area (Å²) in [5, 5.41) is 0. The van der Waals surface area contributed by atoms with Gasteiger partial charge in [-0.3, -0.25) is 0 Å². The van der Waals surface area contributed by atoms with Gasteiger partial charge in [-0.15, -0.1) is 0 Å². The van der Waals surface area contributed by atoms with E-state index in [1.807, 2.05) is 0 Å². The molecule has 0 aromatic carbocycles. The first-order valence-corrected chi connectivity index (χ1v) is 4.85. The fourth-order valence-corrected chi connectivity index (χ4v) is 1.09. The smallest absolute Gasteiger partial charge is 0.746 e. The van der Waals surface area contributed by atoms with Crippen LogP contribution in [-0.4, -0.2) is 43.4 Å². The van der Waals surface area contributed by atoms with Gasteiger partial charge in [0.2, 0.25) is 5.50 Å². The van der Waals surface area contributed by atoms with Gasteiger partial charge < -0.3 is 4.55 Å². The van der Waals surface area contributed by atoms with Crippen molar-refractivity contribution in [3.05, 3.63) is 0 Å². The Morgan fingerprint density at radius 3 is 1.44 bits per heavy atom. The SMILES string of the molecule is O=S(=O)([O-])C(F)C(F)C(F)C(F)C(F)F.[Na+]. The Labute approximate surface area is 109 Å². The fraction of sp³-hybridized carbons (Fsp3) is 1.00. The molecule has 0 saturated heterocycles. The van der Waals surface area contributed by atoms with E-state index in [-0.39, 0.29) is 29.6 Å². The molecule has 0 aromatic rings. The summed E-state index contributed by atoms with van der Waals surface area (Å²) in [7, 11) is -5.85. The average Bonchev–Trinajstić information content (AvgIpc) is 2.11. The van der Waals surface area contributed by atoms with Gasteiger partial charge in [0, 0.05) is 0 Å². The molecule has 92 valence electrons. The maximum Gasteiger partial charge on any atom is 1.00 e. The molecule has 16 heavy (non-hydrogen) atoms. The number of alkyl halides is 6. The Kier molecular flexibility index (Phi) is 8.29. The van der Waals surface area contributed by atoms with Gasteiger partial charge in [-0.2, -0.15) is 0 Å². The van der Waals surface area contributed by atoms with Crippen LogP contribution in [0.25, 0.3) is 0 Å². The predicted octanol–water partition coefficient (Wildman–Crippen LogP) is -1.89. The zero-order valence-corrected chi connectivity index (χ0v) is 10.6. The summed E-state index contributed by atoms with van der Waals surface area (Å²) in [6, 6.07) is 0. The van der Waals surface area contributed by atoms with Crippen molar-refractivity contribution >= 4 is 10.1 Å². The second kappa shape index (κ2) is 7.04. The van der Waals surface area contributed by atoms with Crippen molar-refractivity contribution in [2.45, 2.75) is 30.4 Å². The Morgan fingerprint density at radius 1 is 0.812 bits per heavy atom. The van der Waals surface area contributed by atoms with Crippen LogP contribution in [0.2, 0.25) is 0 Å². The van der Waals surface area contributed by atoms with Gasteiger partial charge in [-0.05, 0) is 0 Å². The monoisotopic (exact) mass is 282 g/mol. The molecule has 0 amide bonds. The molecular weight excluding hydrogens is 277 g/mol. The van der Waals surface area contributed by atoms with Crippen molar-refractivity contribution in [2.24, 2.45) is 0 Å². The van der Waals surface area contributed by atoms with Crippen LogP contribution < -0.4 is 29.6 Å². The molecule has 0 rings (SSSR count). The van der Waals surface area contributed by atoms with Gasteiger partial charge in [0.15, 0.2) is 18.5 Å². The van der Waals surface area contributed by atoms with Crippen LogP contribution in [0.5, 0.6) is 0 Å². The second-order valence-corrected chi connectivity index (χ2v) is 3.95. The summed E-state index contributed by atoms with van der Waals surface area (Å²) in [5.41, 5.74) is -3.91. The van der Waals surface area contributed by atoms with Crippen molar-refractivity contribution in [1.29, 1.82) is 0 Å². The van der Waals surface area contributed by atoms with Gasteiger partial charge in [-0.1, -0.05) is 0 Å². The minimum atomic E-state index is -5.85. The zero-order valence-electron chi connectivity index (χ0n) is 7.79. The summed E-state index contributed by atoms with van der Waals surface area (Å²) in [5.74, 6) is 0. The van der Waals surface area contributed by atoms with Crippen LogP contribution in [0.4, 0.5) is 26.3 Å². The molecular formula is C5H5F6NaO3S. The molecule has 0 bridgehead atoms. The van der Waals surface area contributed by atoms with Crippen LogP contribution in [0.1, 0.15) is 0 Å². The number of halogens is 6. The van der Waals surface area contributed by atoms with E-state index in [9.17, 15) is 39.3 Å². The second-order valence-electron chi connectivity index (χ2n) is 2.51. The van der Waals surface area contributed by atoms with Crippen molar-refractivity contribution < 1.29 is 68.9 Å². The van der Waals surface area contributed by atoms with Crippen LogP contribution in [0.15, 0.2) is 0 Å². The van der Waals surface area contributed by atoms with E-state index < -0.39 is 40.6 Å². The van der Waals surface area contributed by atoms with E-state index in [0.717, 1.165) is 0 Å². The molecule has 4 atom stereocenters. The fourth-order valence-electron chi connectivity index (χ4n) is 0.618. The Balaban J connectivity index is 0. The first-order chi connectivity index (χ1) is 6.59. The van der Waals surface area contributed by atoms with Gasteiger partial charge >= 0.3 is 29.6 Å². The molecule has 0 aromatic heterocycles. The molecule has 0 radical (unpaired) electrons. The maximum atomic E-state index is 12.4. The minimum Gasteiger partial charge on any atom is -0.746 e. The molecule has 0 aliphatic rings. The van der Waals surface area contributed by atoms with Gasteiger partial charge in [0.1, 0.15) is 10.1 Å². The summed E-state index contributed by atoms with van der Waals surface area (Å²) in [4.78, 5) is 0. The van der Waals surface area contributed by atoms with Crippen molar-refractivity contribution in [2.75, 3.05) is 0 Å². The molecule has 0 N–H and O–H groups in total. The normalized spacial score (nSPS) is 19.8. The van der Waals surface area contributed by atoms with E-state index in [1.165, 1.54) is 0 Å². The quantitative estimate of drug-likeness (QED) is 0.336. The van der Waals surface area contributed by atoms with Gasteiger partial charge in [0.25, 0.3) is 6.43 Å². The van der Waals surface area contributed by atoms with Crippen LogP contribution >= 0.6 is 0 Å². The average molecular weight is 282 g/mol. The molecule has 11 heteroatoms. The Morgan fingerprint density at radius 2 is 1.19 bits per heavy atom. The zero-order chi connectivity index (χ0) is 12.4. The van der Waals surface area contributed by atoms with E-state index >= 15 is 0 Å². The van der Waals surface area contributed by atoms with Crippen LogP contribution in [0, 0.1) is 0 Å². The maximum absolute atomic E-state index is 12.4. The summed E-state index contributed by atoms with van der Waals surface area (Å²) in [6.45, 7) is 0. The Hall–Kier alpha value is 0.490. The van der Waals surface area contributed by atoms with Crippen LogP contribution in [-0.2, 0) is 10.1 Å². The van der Waals surface area contributed by atoms with Crippen LogP contribution in [0.3, 0.4) is 0 Å². The van der Waals surface area contributed by atoms with Gasteiger partial charge in [0.05, 0.1) is 0 Å². The third-order valence-corrected chi connectivity index (χ3v) is 2.19. The predicted molar refractivity (Wildman–Crippen MR) is 35.3 cm³/mol. The molecule has 3 nitrogen and oxygen atoms in total. The van der Waals surface area contributed by atoms with Crippen molar-refractivity contribution in [3.63, 3.8) is 0 Å². The molecule has 0 fully saturated rings. The van der Waals surface area contributed by atoms with E-state index in [2.05, 4.69) is 0 Å². The Bertz CT molecular complexity index is 299. The summed E-state index contributed by atoms with van der Waals surface area (Å²) in [6.07, 6.45) is -15.1. The topological polar surface area (TPSA) is 57.2 Å². The van der Waals surface area contributed by atoms with E-state index in [4.69, 9.17) is 0 Å². The minimum absolute atomic E-state index is 0. The van der Waals surface area contributed by atoms with Gasteiger partial charge in [-0.25, -0.2) is 34.8 Å².